The Balaban J connectivity index is 1.95. The number of anilines is 1. The van der Waals surface area contributed by atoms with Crippen molar-refractivity contribution in [1.82, 2.24) is 9.88 Å². The zero-order valence-corrected chi connectivity index (χ0v) is 19.9. The average Bonchev–Trinajstić information content (AvgIpc) is 3.00. The Morgan fingerprint density at radius 1 is 1.19 bits per heavy atom. The summed E-state index contributed by atoms with van der Waals surface area (Å²) in [7, 11) is 0. The summed E-state index contributed by atoms with van der Waals surface area (Å²) in [4.78, 5) is 21.5. The molecule has 1 unspecified atom stereocenters. The first-order valence-corrected chi connectivity index (χ1v) is 12.1. The number of benzene rings is 1. The van der Waals surface area contributed by atoms with Gasteiger partial charge in [0.1, 0.15) is 16.1 Å². The van der Waals surface area contributed by atoms with Crippen molar-refractivity contribution in [3.63, 3.8) is 0 Å². The van der Waals surface area contributed by atoms with E-state index < -0.39 is 11.2 Å². The number of nitrogens with zero attached hydrogens (tertiary/aromatic N) is 3. The second kappa shape index (κ2) is 11.4. The highest BCUT2D eigenvalue weighted by Gasteiger charge is 2.27. The molecule has 0 bridgehead atoms. The minimum Gasteiger partial charge on any atom is -0.395 e. The van der Waals surface area contributed by atoms with Gasteiger partial charge in [0.2, 0.25) is 5.91 Å². The van der Waals surface area contributed by atoms with E-state index in [1.807, 2.05) is 37.3 Å². The van der Waals surface area contributed by atoms with Gasteiger partial charge in [0, 0.05) is 26.2 Å². The Morgan fingerprint density at radius 3 is 2.58 bits per heavy atom. The van der Waals surface area contributed by atoms with Crippen LogP contribution in [0, 0.1) is 0 Å². The number of aliphatic hydroxyl groups excluding tert-OH is 1. The minimum atomic E-state index is -0.603. The van der Waals surface area contributed by atoms with E-state index in [0.717, 1.165) is 43.7 Å². The Bertz CT molecular complexity index is 901. The van der Waals surface area contributed by atoms with Gasteiger partial charge in [-0.2, -0.15) is 0 Å². The number of aliphatic hydroxyl groups is 1. The number of halogens is 2. The molecule has 1 fully saturated rings. The highest BCUT2D eigenvalue weighted by Crippen LogP contribution is 2.43. The van der Waals surface area contributed by atoms with E-state index in [4.69, 9.17) is 33.9 Å². The van der Waals surface area contributed by atoms with E-state index in [2.05, 4.69) is 9.80 Å². The first kappa shape index (κ1) is 24.1. The Labute approximate surface area is 197 Å². The van der Waals surface area contributed by atoms with E-state index in [-0.39, 0.29) is 6.61 Å². The molecule has 1 saturated heterocycles. The molecule has 0 saturated carbocycles. The number of thioether (sulfide) groups is 1. The number of aromatic nitrogens is 1. The van der Waals surface area contributed by atoms with Crippen LogP contribution in [0.3, 0.4) is 0 Å². The molecule has 3 N–H and O–H groups in total. The quantitative estimate of drug-likeness (QED) is 0.557. The molecule has 6 nitrogen and oxygen atoms in total. The molecule has 9 heteroatoms. The molecule has 2 heterocycles. The Morgan fingerprint density at radius 2 is 1.94 bits per heavy atom. The number of amides is 1. The maximum Gasteiger partial charge on any atom is 0.235 e. The van der Waals surface area contributed by atoms with Gasteiger partial charge in [-0.1, -0.05) is 72.2 Å². The molecule has 0 aliphatic carbocycles. The molecule has 2 aromatic rings. The van der Waals surface area contributed by atoms with E-state index >= 15 is 0 Å². The summed E-state index contributed by atoms with van der Waals surface area (Å²) < 4.78 is 0. The van der Waals surface area contributed by atoms with Crippen LogP contribution in [-0.2, 0) is 11.2 Å². The van der Waals surface area contributed by atoms with Crippen molar-refractivity contribution in [3.8, 4) is 0 Å². The summed E-state index contributed by atoms with van der Waals surface area (Å²) in [6, 6.07) is 9.39. The molecule has 1 amide bonds. The monoisotopic (exact) mass is 482 g/mol. The molecule has 0 spiro atoms. The molecule has 3 rings (SSSR count). The summed E-state index contributed by atoms with van der Waals surface area (Å²) in [6.45, 7) is 6.10. The molecular weight excluding hydrogens is 455 g/mol. The molecule has 168 valence electrons. The smallest absolute Gasteiger partial charge is 0.235 e. The normalized spacial score (nSPS) is 16.2. The SMILES string of the molecule is CCc1c(Cl)c(SC(C(N)=O)c2ccccc2)nc(N2CCCN(CCO)CC2)c1Cl. The first-order valence-electron chi connectivity index (χ1n) is 10.4. The fraction of sp³-hybridized carbons (Fsp3) is 0.455. The fourth-order valence-corrected chi connectivity index (χ4v) is 5.57. The van der Waals surface area contributed by atoms with Gasteiger partial charge in [-0.05, 0) is 30.5 Å². The summed E-state index contributed by atoms with van der Waals surface area (Å²) in [5.41, 5.74) is 7.35. The van der Waals surface area contributed by atoms with Crippen molar-refractivity contribution in [2.24, 2.45) is 5.73 Å². The molecular formula is C22H28Cl2N4O2S. The van der Waals surface area contributed by atoms with Gasteiger partial charge in [-0.3, -0.25) is 9.69 Å². The van der Waals surface area contributed by atoms with E-state index in [1.165, 1.54) is 11.8 Å². The van der Waals surface area contributed by atoms with Gasteiger partial charge in [0.05, 0.1) is 16.7 Å². The fourth-order valence-electron chi connectivity index (χ4n) is 3.73. The van der Waals surface area contributed by atoms with Crippen LogP contribution in [0.5, 0.6) is 0 Å². The van der Waals surface area contributed by atoms with Crippen LogP contribution in [0.2, 0.25) is 10.0 Å². The summed E-state index contributed by atoms with van der Waals surface area (Å²) in [5.74, 6) is 0.241. The third-order valence-corrected chi connectivity index (χ3v) is 7.54. The van der Waals surface area contributed by atoms with E-state index in [9.17, 15) is 9.90 Å². The number of nitrogens with two attached hydrogens (primary N) is 1. The largest absolute Gasteiger partial charge is 0.395 e. The molecule has 1 aliphatic heterocycles. The molecule has 31 heavy (non-hydrogen) atoms. The van der Waals surface area contributed by atoms with Crippen molar-refractivity contribution in [1.29, 1.82) is 0 Å². The number of hydrogen-bond donors (Lipinski definition) is 2. The van der Waals surface area contributed by atoms with Crippen LogP contribution >= 0.6 is 35.0 Å². The summed E-state index contributed by atoms with van der Waals surface area (Å²) >= 11 is 14.7. The standard InChI is InChI=1S/C22H28Cl2N4O2S/c1-2-16-17(23)21(28-10-6-9-27(11-12-28)13-14-29)26-22(18(16)24)31-19(20(25)30)15-7-4-3-5-8-15/h3-5,7-8,19,29H,2,6,9-14H2,1H3,(H2,25,30). The van der Waals surface area contributed by atoms with Crippen LogP contribution < -0.4 is 10.6 Å². The lowest BCUT2D eigenvalue weighted by atomic mass is 10.1. The molecule has 1 aromatic carbocycles. The van der Waals surface area contributed by atoms with Crippen LogP contribution in [0.1, 0.15) is 29.7 Å². The van der Waals surface area contributed by atoms with Crippen LogP contribution in [0.25, 0.3) is 0 Å². The van der Waals surface area contributed by atoms with Crippen molar-refractivity contribution < 1.29 is 9.90 Å². The summed E-state index contributed by atoms with van der Waals surface area (Å²) in [5, 5.41) is 10.2. The second-order valence-corrected chi connectivity index (χ2v) is 9.27. The number of pyridine rings is 1. The van der Waals surface area contributed by atoms with E-state index in [0.29, 0.717) is 33.9 Å². The predicted molar refractivity (Wildman–Crippen MR) is 128 cm³/mol. The van der Waals surface area contributed by atoms with Crippen molar-refractivity contribution in [2.75, 3.05) is 44.2 Å². The third-order valence-electron chi connectivity index (χ3n) is 5.37. The Kier molecular flexibility index (Phi) is 8.86. The first-order chi connectivity index (χ1) is 15.0. The van der Waals surface area contributed by atoms with Crippen molar-refractivity contribution in [2.45, 2.75) is 30.0 Å². The number of carbonyl (C=O) groups excluding carboxylic acids is 1. The second-order valence-electron chi connectivity index (χ2n) is 7.42. The number of β-amino-alcohol motifs (C(OH)–C–C–N with tert-alkyl or cyclic N) is 1. The van der Waals surface area contributed by atoms with Gasteiger partial charge in [-0.25, -0.2) is 4.98 Å². The summed E-state index contributed by atoms with van der Waals surface area (Å²) in [6.07, 6.45) is 1.59. The highest BCUT2D eigenvalue weighted by molar-refractivity contribution is 8.00. The zero-order valence-electron chi connectivity index (χ0n) is 17.6. The van der Waals surface area contributed by atoms with Gasteiger partial charge in [0.15, 0.2) is 0 Å². The van der Waals surface area contributed by atoms with Gasteiger partial charge >= 0.3 is 0 Å². The molecule has 1 aliphatic rings. The predicted octanol–water partition coefficient (Wildman–Crippen LogP) is 3.77. The van der Waals surface area contributed by atoms with Gasteiger partial charge < -0.3 is 15.7 Å². The minimum absolute atomic E-state index is 0.148. The lowest BCUT2D eigenvalue weighted by molar-refractivity contribution is -0.117. The van der Waals surface area contributed by atoms with Crippen molar-refractivity contribution >= 4 is 46.7 Å². The van der Waals surface area contributed by atoms with Crippen LogP contribution in [0.15, 0.2) is 35.4 Å². The van der Waals surface area contributed by atoms with Crippen molar-refractivity contribution in [3.05, 3.63) is 51.5 Å². The third kappa shape index (κ3) is 5.84. The molecule has 1 aromatic heterocycles. The number of primary amides is 1. The topological polar surface area (TPSA) is 82.7 Å². The average molecular weight is 483 g/mol. The zero-order chi connectivity index (χ0) is 22.4. The Hall–Kier alpha value is -1.51. The van der Waals surface area contributed by atoms with Gasteiger partial charge in [0.25, 0.3) is 0 Å². The molecule has 0 radical (unpaired) electrons. The van der Waals surface area contributed by atoms with Crippen LogP contribution in [-0.4, -0.2) is 60.2 Å². The lowest BCUT2D eigenvalue weighted by Crippen LogP contribution is -2.33. The maximum atomic E-state index is 12.2. The lowest BCUT2D eigenvalue weighted by Gasteiger charge is -2.26. The number of rotatable bonds is 8. The molecule has 1 atom stereocenters. The number of carbonyl (C=O) groups is 1. The highest BCUT2D eigenvalue weighted by atomic mass is 35.5. The maximum absolute atomic E-state index is 12.2. The van der Waals surface area contributed by atoms with Crippen LogP contribution in [0.4, 0.5) is 5.82 Å². The van der Waals surface area contributed by atoms with E-state index in [1.54, 1.807) is 0 Å². The van der Waals surface area contributed by atoms with Gasteiger partial charge in [-0.15, -0.1) is 0 Å². The number of hydrogen-bond acceptors (Lipinski definition) is 6.